The third kappa shape index (κ3) is 1.50. The normalized spacial score (nSPS) is 29.5. The van der Waals surface area contributed by atoms with E-state index in [0.29, 0.717) is 5.56 Å². The Balaban J connectivity index is 2.09. The summed E-state index contributed by atoms with van der Waals surface area (Å²) in [6.07, 6.45) is -0.616. The van der Waals surface area contributed by atoms with Crippen molar-refractivity contribution >= 4 is 15.8 Å². The standard InChI is InChI=1S/C10H9NO5S/c12-7-4-2-1-3-6(7)9-10-8(16-11-9)5-15-17(10,13)14/h1-4,8,10,12H,5H2/t8-,10+/m0/s1. The van der Waals surface area contributed by atoms with Gasteiger partial charge in [-0.2, -0.15) is 8.42 Å². The predicted octanol–water partition coefficient (Wildman–Crippen LogP) is 0.224. The van der Waals surface area contributed by atoms with Crippen LogP contribution in [-0.4, -0.2) is 37.2 Å². The molecule has 0 amide bonds. The highest BCUT2D eigenvalue weighted by atomic mass is 32.2. The van der Waals surface area contributed by atoms with Crippen molar-refractivity contribution in [2.45, 2.75) is 11.4 Å². The molecule has 2 atom stereocenters. The molecule has 0 aromatic heterocycles. The van der Waals surface area contributed by atoms with Crippen LogP contribution >= 0.6 is 0 Å². The molecular formula is C10H9NO5S. The number of fused-ring (bicyclic) bond motifs is 1. The van der Waals surface area contributed by atoms with E-state index in [9.17, 15) is 13.5 Å². The summed E-state index contributed by atoms with van der Waals surface area (Å²) in [4.78, 5) is 5.01. The number of rotatable bonds is 1. The number of oxime groups is 1. The summed E-state index contributed by atoms with van der Waals surface area (Å²) in [6, 6.07) is 6.39. The Bertz CT molecular complexity index is 594. The molecule has 7 heteroatoms. The fraction of sp³-hybridized carbons (Fsp3) is 0.300. The van der Waals surface area contributed by atoms with Crippen LogP contribution < -0.4 is 0 Å². The first-order valence-electron chi connectivity index (χ1n) is 5.00. The molecule has 6 nitrogen and oxygen atoms in total. The molecule has 0 radical (unpaired) electrons. The first-order valence-corrected chi connectivity index (χ1v) is 6.47. The third-order valence-electron chi connectivity index (χ3n) is 2.78. The molecule has 0 saturated carbocycles. The van der Waals surface area contributed by atoms with E-state index in [1.165, 1.54) is 6.07 Å². The first kappa shape index (κ1) is 10.5. The lowest BCUT2D eigenvalue weighted by molar-refractivity contribution is 0.0683. The van der Waals surface area contributed by atoms with Gasteiger partial charge in [0.25, 0.3) is 10.1 Å². The maximum absolute atomic E-state index is 11.7. The number of para-hydroxylation sites is 1. The highest BCUT2D eigenvalue weighted by Crippen LogP contribution is 2.32. The topological polar surface area (TPSA) is 85.2 Å². The summed E-state index contributed by atoms with van der Waals surface area (Å²) in [6.45, 7) is -0.0341. The van der Waals surface area contributed by atoms with Crippen LogP contribution in [0, 0.1) is 0 Å². The number of benzene rings is 1. The Kier molecular flexibility index (Phi) is 2.14. The van der Waals surface area contributed by atoms with E-state index < -0.39 is 21.5 Å². The lowest BCUT2D eigenvalue weighted by Gasteiger charge is -2.07. The summed E-state index contributed by atoms with van der Waals surface area (Å²) in [7, 11) is -3.70. The Hall–Kier alpha value is -1.60. The van der Waals surface area contributed by atoms with Crippen LogP contribution in [0.2, 0.25) is 0 Å². The van der Waals surface area contributed by atoms with Gasteiger partial charge in [-0.1, -0.05) is 17.3 Å². The van der Waals surface area contributed by atoms with E-state index in [1.54, 1.807) is 18.2 Å². The van der Waals surface area contributed by atoms with Gasteiger partial charge in [0.1, 0.15) is 18.1 Å². The van der Waals surface area contributed by atoms with Gasteiger partial charge in [0.05, 0.1) is 0 Å². The van der Waals surface area contributed by atoms with E-state index in [4.69, 9.17) is 4.84 Å². The molecule has 1 aromatic carbocycles. The average Bonchev–Trinajstić information content (AvgIpc) is 2.82. The minimum Gasteiger partial charge on any atom is -0.507 e. The summed E-state index contributed by atoms with van der Waals surface area (Å²) in [5.74, 6) is -0.0300. The number of hydrogen-bond donors (Lipinski definition) is 1. The summed E-state index contributed by atoms with van der Waals surface area (Å²) in [5.41, 5.74) is 0.555. The maximum atomic E-state index is 11.7. The van der Waals surface area contributed by atoms with Crippen molar-refractivity contribution in [3.05, 3.63) is 29.8 Å². The van der Waals surface area contributed by atoms with Crippen molar-refractivity contribution in [2.24, 2.45) is 5.16 Å². The number of phenolic OH excluding ortho intramolecular Hbond substituents is 1. The number of phenols is 1. The van der Waals surface area contributed by atoms with Crippen LogP contribution in [0.25, 0.3) is 0 Å². The van der Waals surface area contributed by atoms with Gasteiger partial charge in [-0.05, 0) is 12.1 Å². The second kappa shape index (κ2) is 3.44. The van der Waals surface area contributed by atoms with Gasteiger partial charge in [0, 0.05) is 5.56 Å². The molecule has 2 aliphatic rings. The van der Waals surface area contributed by atoms with Crippen molar-refractivity contribution in [2.75, 3.05) is 6.61 Å². The Morgan fingerprint density at radius 3 is 2.88 bits per heavy atom. The van der Waals surface area contributed by atoms with E-state index in [1.807, 2.05) is 0 Å². The van der Waals surface area contributed by atoms with E-state index in [0.717, 1.165) is 0 Å². The van der Waals surface area contributed by atoms with Crippen molar-refractivity contribution in [3.8, 4) is 5.75 Å². The molecule has 0 unspecified atom stereocenters. The van der Waals surface area contributed by atoms with E-state index in [2.05, 4.69) is 9.34 Å². The SMILES string of the molecule is O=S1(=O)OC[C@@H]2ON=C(c3ccccc3O)[C@@H]21. The zero-order valence-corrected chi connectivity index (χ0v) is 9.42. The number of hydrogen-bond acceptors (Lipinski definition) is 6. The lowest BCUT2D eigenvalue weighted by atomic mass is 10.0. The minimum absolute atomic E-state index is 0.0300. The average molecular weight is 255 g/mol. The summed E-state index contributed by atoms with van der Waals surface area (Å²) >= 11 is 0. The molecule has 3 rings (SSSR count). The van der Waals surface area contributed by atoms with Crippen LogP contribution in [0.5, 0.6) is 5.75 Å². The second-order valence-corrected chi connectivity index (χ2v) is 5.56. The molecule has 1 aromatic rings. The van der Waals surface area contributed by atoms with Crippen molar-refractivity contribution in [1.82, 2.24) is 0 Å². The van der Waals surface area contributed by atoms with Crippen LogP contribution in [-0.2, 0) is 19.1 Å². The van der Waals surface area contributed by atoms with Crippen LogP contribution in [0.15, 0.2) is 29.4 Å². The maximum Gasteiger partial charge on any atom is 0.280 e. The molecule has 0 spiro atoms. The quantitative estimate of drug-likeness (QED) is 0.726. The Labute approximate surface area is 97.6 Å². The number of aromatic hydroxyl groups is 1. The fourth-order valence-electron chi connectivity index (χ4n) is 1.98. The van der Waals surface area contributed by atoms with Gasteiger partial charge in [-0.25, -0.2) is 0 Å². The molecular weight excluding hydrogens is 246 g/mol. The zero-order chi connectivity index (χ0) is 12.0. The predicted molar refractivity (Wildman–Crippen MR) is 58.2 cm³/mol. The van der Waals surface area contributed by atoms with Crippen LogP contribution in [0.4, 0.5) is 0 Å². The highest BCUT2D eigenvalue weighted by molar-refractivity contribution is 7.88. The summed E-state index contributed by atoms with van der Waals surface area (Å²) < 4.78 is 28.0. The monoisotopic (exact) mass is 255 g/mol. The van der Waals surface area contributed by atoms with Gasteiger partial charge in [-0.3, -0.25) is 4.18 Å². The first-order chi connectivity index (χ1) is 8.09. The molecule has 0 aliphatic carbocycles. The van der Waals surface area contributed by atoms with Gasteiger partial charge in [-0.15, -0.1) is 0 Å². The molecule has 1 saturated heterocycles. The van der Waals surface area contributed by atoms with E-state index >= 15 is 0 Å². The third-order valence-corrected chi connectivity index (χ3v) is 4.39. The van der Waals surface area contributed by atoms with Crippen molar-refractivity contribution < 1.29 is 22.5 Å². The second-order valence-electron chi connectivity index (χ2n) is 3.84. The molecule has 17 heavy (non-hydrogen) atoms. The van der Waals surface area contributed by atoms with E-state index in [-0.39, 0.29) is 18.1 Å². The molecule has 0 bridgehead atoms. The van der Waals surface area contributed by atoms with Crippen molar-refractivity contribution in [1.29, 1.82) is 0 Å². The van der Waals surface area contributed by atoms with Gasteiger partial charge >= 0.3 is 0 Å². The van der Waals surface area contributed by atoms with Gasteiger partial charge in [0.15, 0.2) is 11.4 Å². The largest absolute Gasteiger partial charge is 0.507 e. The fourth-order valence-corrected chi connectivity index (χ4v) is 3.39. The molecule has 90 valence electrons. The smallest absolute Gasteiger partial charge is 0.280 e. The molecule has 2 aliphatic heterocycles. The van der Waals surface area contributed by atoms with Crippen molar-refractivity contribution in [3.63, 3.8) is 0 Å². The zero-order valence-electron chi connectivity index (χ0n) is 8.61. The van der Waals surface area contributed by atoms with Crippen LogP contribution in [0.3, 0.4) is 0 Å². The highest BCUT2D eigenvalue weighted by Gasteiger charge is 2.51. The lowest BCUT2D eigenvalue weighted by Crippen LogP contribution is -2.31. The van der Waals surface area contributed by atoms with Gasteiger partial charge in [0.2, 0.25) is 0 Å². The molecule has 1 fully saturated rings. The Morgan fingerprint density at radius 1 is 1.35 bits per heavy atom. The molecule has 2 heterocycles. The Morgan fingerprint density at radius 2 is 2.12 bits per heavy atom. The number of nitrogens with zero attached hydrogens (tertiary/aromatic N) is 1. The van der Waals surface area contributed by atoms with Crippen LogP contribution in [0.1, 0.15) is 5.56 Å². The summed E-state index contributed by atoms with van der Waals surface area (Å²) in [5, 5.41) is 12.5. The van der Waals surface area contributed by atoms with Gasteiger partial charge < -0.3 is 9.94 Å². The minimum atomic E-state index is -3.70. The molecule has 1 N–H and O–H groups in total.